The van der Waals surface area contributed by atoms with Crippen LogP contribution in [0.25, 0.3) is 0 Å². The summed E-state index contributed by atoms with van der Waals surface area (Å²) in [4.78, 5) is 47.3. The van der Waals surface area contributed by atoms with Gasteiger partial charge in [0.25, 0.3) is 11.6 Å². The highest BCUT2D eigenvalue weighted by molar-refractivity contribution is 5.97. The number of carbonyl (C=O) groups is 3. The Morgan fingerprint density at radius 1 is 1.00 bits per heavy atom. The molecule has 2 aromatic rings. The van der Waals surface area contributed by atoms with Gasteiger partial charge in [-0.25, -0.2) is 4.79 Å². The van der Waals surface area contributed by atoms with E-state index >= 15 is 0 Å². The minimum Gasteiger partial charge on any atom is -0.469 e. The maximum absolute atomic E-state index is 12.6. The quantitative estimate of drug-likeness (QED) is 0.409. The molecule has 152 valence electrons. The van der Waals surface area contributed by atoms with Gasteiger partial charge >= 0.3 is 11.9 Å². The van der Waals surface area contributed by atoms with E-state index in [2.05, 4.69) is 5.32 Å². The Hall–Kier alpha value is -3.75. The molecule has 0 heterocycles. The lowest BCUT2D eigenvalue weighted by Crippen LogP contribution is -2.46. The number of hydrogen-bond acceptors (Lipinski definition) is 7. The zero-order chi connectivity index (χ0) is 21.4. The number of esters is 2. The molecule has 0 bridgehead atoms. The highest BCUT2D eigenvalue weighted by atomic mass is 16.6. The highest BCUT2D eigenvalue weighted by Crippen LogP contribution is 2.27. The molecule has 2 aromatic carbocycles. The molecule has 1 amide bonds. The van der Waals surface area contributed by atoms with E-state index in [0.717, 1.165) is 7.11 Å². The number of nitrogens with zero attached hydrogens (tertiary/aromatic N) is 1. The Labute approximate surface area is 166 Å². The standard InChI is InChI=1S/C20H20N2O7/c1-28-17(23)12-16(13-8-10-15(11-9-13)22(26)27)18(20(25)29-2)21-19(24)14-6-4-3-5-7-14/h3-11,16,18H,12H2,1-2H3,(H,21,24)/t16-,18-/m1/s1. The molecule has 0 unspecified atom stereocenters. The Balaban J connectivity index is 2.40. The predicted molar refractivity (Wildman–Crippen MR) is 102 cm³/mol. The third-order valence-electron chi connectivity index (χ3n) is 4.33. The normalized spacial score (nSPS) is 12.3. The summed E-state index contributed by atoms with van der Waals surface area (Å²) in [7, 11) is 2.36. The monoisotopic (exact) mass is 400 g/mol. The van der Waals surface area contributed by atoms with Crippen molar-refractivity contribution in [1.82, 2.24) is 5.32 Å². The predicted octanol–water partition coefficient (Wildman–Crippen LogP) is 2.21. The molecule has 2 atom stereocenters. The average Bonchev–Trinajstić information content (AvgIpc) is 2.75. The van der Waals surface area contributed by atoms with Gasteiger partial charge in [0.05, 0.1) is 25.6 Å². The van der Waals surface area contributed by atoms with E-state index in [0.29, 0.717) is 11.1 Å². The van der Waals surface area contributed by atoms with Crippen LogP contribution < -0.4 is 5.32 Å². The summed E-state index contributed by atoms with van der Waals surface area (Å²) in [5.41, 5.74) is 0.611. The second-order valence-corrected chi connectivity index (χ2v) is 6.08. The van der Waals surface area contributed by atoms with Crippen LogP contribution in [0.5, 0.6) is 0 Å². The molecule has 0 saturated carbocycles. The van der Waals surface area contributed by atoms with Gasteiger partial charge in [-0.1, -0.05) is 30.3 Å². The summed E-state index contributed by atoms with van der Waals surface area (Å²) in [6, 6.07) is 12.4. The third kappa shape index (κ3) is 5.61. The number of nitro groups is 1. The van der Waals surface area contributed by atoms with E-state index in [1.807, 2.05) is 0 Å². The van der Waals surface area contributed by atoms with Crippen LogP contribution >= 0.6 is 0 Å². The third-order valence-corrected chi connectivity index (χ3v) is 4.33. The number of nitro benzene ring substituents is 1. The summed E-state index contributed by atoms with van der Waals surface area (Å²) in [5, 5.41) is 13.5. The zero-order valence-electron chi connectivity index (χ0n) is 15.9. The molecule has 9 nitrogen and oxygen atoms in total. The Morgan fingerprint density at radius 3 is 2.14 bits per heavy atom. The van der Waals surface area contributed by atoms with Crippen LogP contribution in [-0.4, -0.2) is 43.0 Å². The molecule has 9 heteroatoms. The lowest BCUT2D eigenvalue weighted by Gasteiger charge is -2.26. The zero-order valence-corrected chi connectivity index (χ0v) is 15.9. The number of carbonyl (C=O) groups excluding carboxylic acids is 3. The van der Waals surface area contributed by atoms with Crippen molar-refractivity contribution in [1.29, 1.82) is 0 Å². The number of methoxy groups -OCH3 is 2. The molecule has 0 aliphatic rings. The van der Waals surface area contributed by atoms with Crippen molar-refractivity contribution in [3.8, 4) is 0 Å². The molecule has 0 aromatic heterocycles. The molecule has 2 rings (SSSR count). The van der Waals surface area contributed by atoms with Crippen LogP contribution in [0.4, 0.5) is 5.69 Å². The Bertz CT molecular complexity index is 881. The van der Waals surface area contributed by atoms with E-state index in [1.165, 1.54) is 31.4 Å². The van der Waals surface area contributed by atoms with Crippen molar-refractivity contribution in [2.24, 2.45) is 0 Å². The first-order valence-electron chi connectivity index (χ1n) is 8.62. The highest BCUT2D eigenvalue weighted by Gasteiger charge is 2.34. The van der Waals surface area contributed by atoms with E-state index in [1.54, 1.807) is 30.3 Å². The molecule has 0 aliphatic heterocycles. The largest absolute Gasteiger partial charge is 0.469 e. The van der Waals surface area contributed by atoms with Crippen LogP contribution in [0, 0.1) is 10.1 Å². The van der Waals surface area contributed by atoms with Gasteiger partial charge in [-0.15, -0.1) is 0 Å². The first kappa shape index (κ1) is 21.5. The van der Waals surface area contributed by atoms with E-state index in [-0.39, 0.29) is 12.1 Å². The van der Waals surface area contributed by atoms with Gasteiger partial charge in [-0.05, 0) is 17.7 Å². The summed E-state index contributed by atoms with van der Waals surface area (Å²) >= 11 is 0. The van der Waals surface area contributed by atoms with Crippen LogP contribution in [0.15, 0.2) is 54.6 Å². The van der Waals surface area contributed by atoms with Crippen LogP contribution in [0.1, 0.15) is 28.3 Å². The van der Waals surface area contributed by atoms with Crippen molar-refractivity contribution >= 4 is 23.5 Å². The number of amides is 1. The van der Waals surface area contributed by atoms with Crippen molar-refractivity contribution in [2.45, 2.75) is 18.4 Å². The average molecular weight is 400 g/mol. The number of benzene rings is 2. The topological polar surface area (TPSA) is 125 Å². The van der Waals surface area contributed by atoms with Gasteiger partial charge in [0.2, 0.25) is 0 Å². The lowest BCUT2D eigenvalue weighted by molar-refractivity contribution is -0.384. The number of ether oxygens (including phenoxy) is 2. The molecule has 0 aliphatic carbocycles. The van der Waals surface area contributed by atoms with E-state index < -0.39 is 34.7 Å². The van der Waals surface area contributed by atoms with E-state index in [9.17, 15) is 24.5 Å². The first-order chi connectivity index (χ1) is 13.9. The van der Waals surface area contributed by atoms with Crippen molar-refractivity contribution in [3.05, 3.63) is 75.8 Å². The summed E-state index contributed by atoms with van der Waals surface area (Å²) in [6.45, 7) is 0. The Kier molecular flexibility index (Phi) is 7.41. The molecule has 29 heavy (non-hydrogen) atoms. The molecule has 0 saturated heterocycles. The lowest BCUT2D eigenvalue weighted by atomic mass is 9.88. The fraction of sp³-hybridized carbons (Fsp3) is 0.250. The first-order valence-corrected chi connectivity index (χ1v) is 8.62. The molecule has 1 N–H and O–H groups in total. The minimum absolute atomic E-state index is 0.145. The SMILES string of the molecule is COC(=O)C[C@H](c1ccc([N+](=O)[O-])cc1)[C@@H](NC(=O)c1ccccc1)C(=O)OC. The molecule has 0 fully saturated rings. The fourth-order valence-corrected chi connectivity index (χ4v) is 2.80. The van der Waals surface area contributed by atoms with Gasteiger partial charge in [-0.2, -0.15) is 0 Å². The fourth-order valence-electron chi connectivity index (χ4n) is 2.80. The number of rotatable bonds is 8. The summed E-state index contributed by atoms with van der Waals surface area (Å²) in [6.07, 6.45) is -0.247. The second kappa shape index (κ2) is 9.98. The van der Waals surface area contributed by atoms with Gasteiger partial charge < -0.3 is 14.8 Å². The smallest absolute Gasteiger partial charge is 0.329 e. The minimum atomic E-state index is -1.21. The Morgan fingerprint density at radius 2 is 1.62 bits per heavy atom. The maximum Gasteiger partial charge on any atom is 0.329 e. The van der Waals surface area contributed by atoms with Gasteiger partial charge in [0.15, 0.2) is 0 Å². The van der Waals surface area contributed by atoms with Crippen LogP contribution in [0.2, 0.25) is 0 Å². The van der Waals surface area contributed by atoms with Crippen molar-refractivity contribution in [2.75, 3.05) is 14.2 Å². The van der Waals surface area contributed by atoms with Gasteiger partial charge in [0.1, 0.15) is 6.04 Å². The van der Waals surface area contributed by atoms with Crippen LogP contribution in [0.3, 0.4) is 0 Å². The van der Waals surface area contributed by atoms with Crippen LogP contribution in [-0.2, 0) is 19.1 Å². The summed E-state index contributed by atoms with van der Waals surface area (Å²) in [5.74, 6) is -2.76. The molecular formula is C20H20N2O7. The second-order valence-electron chi connectivity index (χ2n) is 6.08. The number of nitrogens with one attached hydrogen (secondary N) is 1. The number of hydrogen-bond donors (Lipinski definition) is 1. The number of non-ortho nitro benzene ring substituents is 1. The van der Waals surface area contributed by atoms with Crippen molar-refractivity contribution < 1.29 is 28.8 Å². The van der Waals surface area contributed by atoms with Gasteiger partial charge in [0, 0.05) is 23.6 Å². The molecular weight excluding hydrogens is 380 g/mol. The maximum atomic E-state index is 12.6. The van der Waals surface area contributed by atoms with Crippen molar-refractivity contribution in [3.63, 3.8) is 0 Å². The van der Waals surface area contributed by atoms with Gasteiger partial charge in [-0.3, -0.25) is 19.7 Å². The summed E-state index contributed by atoms with van der Waals surface area (Å²) < 4.78 is 9.52. The molecule has 0 radical (unpaired) electrons. The van der Waals surface area contributed by atoms with E-state index in [4.69, 9.17) is 9.47 Å². The molecule has 0 spiro atoms.